The van der Waals surface area contributed by atoms with Gasteiger partial charge in [0.25, 0.3) is 5.91 Å². The first kappa shape index (κ1) is 31.4. The average Bonchev–Trinajstić information content (AvgIpc) is 3.91. The summed E-state index contributed by atoms with van der Waals surface area (Å²) in [6.45, 7) is 0.397. The van der Waals surface area contributed by atoms with E-state index in [0.717, 1.165) is 36.3 Å². The van der Waals surface area contributed by atoms with Crippen molar-refractivity contribution in [2.24, 2.45) is 11.7 Å². The molecule has 2 aliphatic carbocycles. The van der Waals surface area contributed by atoms with Crippen LogP contribution >= 0.6 is 23.2 Å². The molecular formula is C32H34Cl2FN3O4S. The van der Waals surface area contributed by atoms with Gasteiger partial charge in [-0.2, -0.15) is 0 Å². The number of anilines is 1. The first-order valence-corrected chi connectivity index (χ1v) is 16.3. The second-order valence-corrected chi connectivity index (χ2v) is 13.5. The van der Waals surface area contributed by atoms with Gasteiger partial charge in [0.05, 0.1) is 42.6 Å². The summed E-state index contributed by atoms with van der Waals surface area (Å²) in [5, 5.41) is 1.35. The molecule has 2 saturated carbocycles. The third-order valence-electron chi connectivity index (χ3n) is 7.72. The van der Waals surface area contributed by atoms with Crippen LogP contribution in [0.15, 0.2) is 78.9 Å². The lowest BCUT2D eigenvalue weighted by molar-refractivity contribution is -0.166. The summed E-state index contributed by atoms with van der Waals surface area (Å²) in [7, 11) is -1.43. The molecule has 2 N–H and O–H groups in total. The predicted octanol–water partition coefficient (Wildman–Crippen LogP) is 6.07. The minimum atomic E-state index is -1.43. The maximum absolute atomic E-state index is 14.9. The summed E-state index contributed by atoms with van der Waals surface area (Å²) in [5.41, 5.74) is 6.51. The van der Waals surface area contributed by atoms with E-state index in [2.05, 4.69) is 0 Å². The van der Waals surface area contributed by atoms with Crippen LogP contribution in [0, 0.1) is 11.7 Å². The van der Waals surface area contributed by atoms with Crippen LogP contribution in [0.2, 0.25) is 10.0 Å². The van der Waals surface area contributed by atoms with Crippen molar-refractivity contribution in [3.63, 3.8) is 0 Å². The number of carbonyl (C=O) groups excluding carboxylic acids is 2. The van der Waals surface area contributed by atoms with Crippen LogP contribution in [0.3, 0.4) is 0 Å². The molecule has 43 heavy (non-hydrogen) atoms. The van der Waals surface area contributed by atoms with E-state index in [0.29, 0.717) is 5.02 Å². The topological polar surface area (TPSA) is 92.9 Å². The first-order valence-electron chi connectivity index (χ1n) is 14.3. The predicted molar refractivity (Wildman–Crippen MR) is 167 cm³/mol. The smallest absolute Gasteiger partial charge is 0.253 e. The third-order valence-corrected chi connectivity index (χ3v) is 10.0. The molecule has 2 amide bonds. The average molecular weight is 647 g/mol. The quantitative estimate of drug-likeness (QED) is 0.289. The Balaban J connectivity index is 0.000000463. The minimum absolute atomic E-state index is 0.0143. The van der Waals surface area contributed by atoms with Gasteiger partial charge in [0.2, 0.25) is 5.91 Å². The molecule has 0 aromatic heterocycles. The van der Waals surface area contributed by atoms with Gasteiger partial charge in [-0.1, -0.05) is 65.7 Å². The number of ether oxygens (including phenoxy) is 1. The molecule has 1 heterocycles. The number of morpholine rings is 1. The minimum Gasteiger partial charge on any atom is -0.370 e. The molecule has 1 saturated heterocycles. The molecule has 228 valence electrons. The SMILES string of the molecule is Clc1ccccc1.NC(=O)CC1OCC(c2ccc(Cl)cc2)N(C(CN(c2ccccc2F)S(=O)C2CC2)C2CC2)C1=O. The molecule has 11 heteroatoms. The van der Waals surface area contributed by atoms with Gasteiger partial charge in [-0.05, 0) is 73.6 Å². The van der Waals surface area contributed by atoms with E-state index in [-0.39, 0.29) is 48.4 Å². The number of nitrogens with zero attached hydrogens (tertiary/aromatic N) is 2. The number of hydrogen-bond acceptors (Lipinski definition) is 4. The third kappa shape index (κ3) is 8.15. The Morgan fingerprint density at radius 3 is 2.16 bits per heavy atom. The van der Waals surface area contributed by atoms with Crippen LogP contribution < -0.4 is 10.0 Å². The molecule has 7 nitrogen and oxygen atoms in total. The number of rotatable bonds is 10. The van der Waals surface area contributed by atoms with Gasteiger partial charge in [-0.3, -0.25) is 13.9 Å². The van der Waals surface area contributed by atoms with Crippen molar-refractivity contribution >= 4 is 51.7 Å². The molecular weight excluding hydrogens is 612 g/mol. The number of hydrogen-bond donors (Lipinski definition) is 1. The zero-order valence-electron chi connectivity index (χ0n) is 23.5. The summed E-state index contributed by atoms with van der Waals surface area (Å²) in [5.74, 6) is -1.23. The number of nitrogens with two attached hydrogens (primary N) is 1. The highest BCUT2D eigenvalue weighted by Gasteiger charge is 2.48. The van der Waals surface area contributed by atoms with Gasteiger partial charge in [0.1, 0.15) is 22.9 Å². The lowest BCUT2D eigenvalue weighted by Crippen LogP contribution is -2.58. The van der Waals surface area contributed by atoms with Crippen molar-refractivity contribution in [1.82, 2.24) is 4.90 Å². The van der Waals surface area contributed by atoms with Crippen molar-refractivity contribution in [2.75, 3.05) is 17.5 Å². The van der Waals surface area contributed by atoms with Crippen LogP contribution in [0.4, 0.5) is 10.1 Å². The molecule has 3 aliphatic rings. The zero-order valence-corrected chi connectivity index (χ0v) is 25.8. The van der Waals surface area contributed by atoms with Crippen molar-refractivity contribution < 1.29 is 22.9 Å². The number of amides is 2. The maximum Gasteiger partial charge on any atom is 0.253 e. The molecule has 6 rings (SSSR count). The van der Waals surface area contributed by atoms with Gasteiger partial charge >= 0.3 is 0 Å². The van der Waals surface area contributed by atoms with Crippen molar-refractivity contribution in [2.45, 2.75) is 55.5 Å². The summed E-state index contributed by atoms with van der Waals surface area (Å²) in [6.07, 6.45) is 2.27. The summed E-state index contributed by atoms with van der Waals surface area (Å²) in [6, 6.07) is 22.2. The molecule has 0 radical (unpaired) electrons. The van der Waals surface area contributed by atoms with E-state index < -0.39 is 34.9 Å². The Kier molecular flexibility index (Phi) is 10.4. The van der Waals surface area contributed by atoms with Crippen LogP contribution in [0.25, 0.3) is 0 Å². The highest BCUT2D eigenvalue weighted by atomic mass is 35.5. The fourth-order valence-electron chi connectivity index (χ4n) is 5.25. The Morgan fingerprint density at radius 2 is 1.60 bits per heavy atom. The highest BCUT2D eigenvalue weighted by molar-refractivity contribution is 7.87. The monoisotopic (exact) mass is 645 g/mol. The number of primary amides is 1. The fourth-order valence-corrected chi connectivity index (χ4v) is 7.06. The zero-order chi connectivity index (χ0) is 30.5. The molecule has 0 spiro atoms. The second kappa shape index (κ2) is 14.2. The molecule has 4 atom stereocenters. The normalized spacial score (nSPS) is 21.4. The molecule has 3 fully saturated rings. The van der Waals surface area contributed by atoms with E-state index in [1.54, 1.807) is 39.5 Å². The van der Waals surface area contributed by atoms with Crippen LogP contribution in [0.5, 0.6) is 0 Å². The summed E-state index contributed by atoms with van der Waals surface area (Å²) in [4.78, 5) is 27.2. The standard InChI is InChI=1S/C26H29ClFN3O4S.C6H5Cl/c27-18-9-7-17(8-10-18)23-15-35-24(13-25(29)32)26(33)31(23)22(16-5-6-16)14-30(36(34)19-11-12-19)21-4-2-1-3-20(21)28;7-6-4-2-1-3-5-6/h1-4,7-10,16,19,22-24H,5-6,11-15H2,(H2,29,32);1-5H. The molecule has 3 aromatic carbocycles. The molecule has 4 unspecified atom stereocenters. The largest absolute Gasteiger partial charge is 0.370 e. The lowest BCUT2D eigenvalue weighted by atomic mass is 9.97. The number of benzene rings is 3. The van der Waals surface area contributed by atoms with E-state index in [1.165, 1.54) is 6.07 Å². The number of halogens is 3. The Morgan fingerprint density at radius 1 is 0.977 bits per heavy atom. The van der Waals surface area contributed by atoms with Crippen LogP contribution in [-0.2, 0) is 25.3 Å². The highest BCUT2D eigenvalue weighted by Crippen LogP contribution is 2.43. The first-order chi connectivity index (χ1) is 20.7. The van der Waals surface area contributed by atoms with E-state index in [1.807, 2.05) is 42.5 Å². The summed E-state index contributed by atoms with van der Waals surface area (Å²) < 4.78 is 35.8. The van der Waals surface area contributed by atoms with E-state index in [4.69, 9.17) is 33.7 Å². The fraction of sp³-hybridized carbons (Fsp3) is 0.375. The Labute approximate surface area is 263 Å². The van der Waals surface area contributed by atoms with E-state index in [9.17, 15) is 18.2 Å². The van der Waals surface area contributed by atoms with E-state index >= 15 is 0 Å². The van der Waals surface area contributed by atoms with Gasteiger partial charge in [-0.15, -0.1) is 0 Å². The summed E-state index contributed by atoms with van der Waals surface area (Å²) >= 11 is 11.6. The van der Waals surface area contributed by atoms with Gasteiger partial charge in [0, 0.05) is 10.0 Å². The second-order valence-electron chi connectivity index (χ2n) is 11.0. The van der Waals surface area contributed by atoms with Gasteiger partial charge in [0.15, 0.2) is 0 Å². The molecule has 1 aliphatic heterocycles. The maximum atomic E-state index is 14.9. The lowest BCUT2D eigenvalue weighted by Gasteiger charge is -2.45. The van der Waals surface area contributed by atoms with Crippen molar-refractivity contribution in [3.05, 3.63) is 100 Å². The van der Waals surface area contributed by atoms with Gasteiger partial charge in [-0.25, -0.2) is 8.60 Å². The van der Waals surface area contributed by atoms with Crippen LogP contribution in [0.1, 0.15) is 43.7 Å². The molecule has 0 bridgehead atoms. The molecule has 3 aromatic rings. The number of carbonyl (C=O) groups is 2. The van der Waals surface area contributed by atoms with Gasteiger partial charge < -0.3 is 15.4 Å². The Bertz CT molecular complexity index is 1440. The number of para-hydroxylation sites is 1. The van der Waals surface area contributed by atoms with Crippen LogP contribution in [-0.4, -0.2) is 51.5 Å². The van der Waals surface area contributed by atoms with Crippen molar-refractivity contribution in [1.29, 1.82) is 0 Å². The van der Waals surface area contributed by atoms with Crippen molar-refractivity contribution in [3.8, 4) is 0 Å². The Hall–Kier alpha value is -2.98.